The van der Waals surface area contributed by atoms with Crippen molar-refractivity contribution < 1.29 is 4.79 Å². The fraction of sp³-hybridized carbons (Fsp3) is 0.133. The Balaban J connectivity index is 1.84. The fourth-order valence-corrected chi connectivity index (χ4v) is 3.34. The molecule has 4 aromatic rings. The van der Waals surface area contributed by atoms with Crippen molar-refractivity contribution in [3.8, 4) is 0 Å². The van der Waals surface area contributed by atoms with Crippen molar-refractivity contribution in [3.05, 3.63) is 52.8 Å². The summed E-state index contributed by atoms with van der Waals surface area (Å²) in [4.78, 5) is 25.4. The number of nitrogens with zero attached hydrogens (tertiary/aromatic N) is 6. The van der Waals surface area contributed by atoms with E-state index in [1.165, 1.54) is 15.9 Å². The first-order valence-corrected chi connectivity index (χ1v) is 7.77. The van der Waals surface area contributed by atoms with Gasteiger partial charge in [-0.1, -0.05) is 23.5 Å². The number of amides is 1. The van der Waals surface area contributed by atoms with Crippen LogP contribution in [0.2, 0.25) is 0 Å². The maximum absolute atomic E-state index is 12.4. The average molecular weight is 324 g/mol. The highest BCUT2D eigenvalue weighted by Gasteiger charge is 2.14. The lowest BCUT2D eigenvalue weighted by Crippen LogP contribution is -2.14. The maximum atomic E-state index is 12.4. The van der Waals surface area contributed by atoms with Crippen LogP contribution in [0.5, 0.6) is 0 Å². The van der Waals surface area contributed by atoms with Crippen molar-refractivity contribution in [2.75, 3.05) is 0 Å². The van der Waals surface area contributed by atoms with Crippen LogP contribution < -0.4 is 4.80 Å². The summed E-state index contributed by atoms with van der Waals surface area (Å²) in [5.74, 6) is -0.0365. The van der Waals surface area contributed by atoms with E-state index in [0.717, 1.165) is 15.9 Å². The minimum Gasteiger partial charge on any atom is -0.319 e. The highest BCUT2D eigenvalue weighted by molar-refractivity contribution is 7.16. The molecule has 0 N–H and O–H groups in total. The molecule has 0 saturated heterocycles. The summed E-state index contributed by atoms with van der Waals surface area (Å²) in [6.45, 7) is 1.88. The Morgan fingerprint density at radius 2 is 2.09 bits per heavy atom. The summed E-state index contributed by atoms with van der Waals surface area (Å²) in [5, 5.41) is 4.19. The van der Waals surface area contributed by atoms with Crippen LogP contribution >= 0.6 is 11.3 Å². The van der Waals surface area contributed by atoms with Gasteiger partial charge in [-0.3, -0.25) is 4.79 Å². The van der Waals surface area contributed by atoms with Gasteiger partial charge in [0.05, 0.1) is 10.2 Å². The van der Waals surface area contributed by atoms with Gasteiger partial charge in [-0.25, -0.2) is 9.50 Å². The zero-order chi connectivity index (χ0) is 16.0. The Hall–Kier alpha value is -2.87. The predicted octanol–water partition coefficient (Wildman–Crippen LogP) is 1.73. The molecule has 8 heteroatoms. The minimum absolute atomic E-state index is 0.0456. The van der Waals surface area contributed by atoms with E-state index in [4.69, 9.17) is 0 Å². The van der Waals surface area contributed by atoms with E-state index in [0.29, 0.717) is 10.6 Å². The van der Waals surface area contributed by atoms with E-state index >= 15 is 0 Å². The number of carbonyl (C=O) groups excluding carboxylic acids is 1. The van der Waals surface area contributed by atoms with Crippen molar-refractivity contribution in [1.29, 1.82) is 0 Å². The van der Waals surface area contributed by atoms with Crippen molar-refractivity contribution in [1.82, 2.24) is 24.1 Å². The van der Waals surface area contributed by atoms with Gasteiger partial charge >= 0.3 is 5.91 Å². The monoisotopic (exact) mass is 324 g/mol. The van der Waals surface area contributed by atoms with E-state index in [2.05, 4.69) is 20.1 Å². The summed E-state index contributed by atoms with van der Waals surface area (Å²) in [5.41, 5.74) is 1.89. The molecule has 1 aromatic carbocycles. The summed E-state index contributed by atoms with van der Waals surface area (Å²) < 4.78 is 4.49. The number of benzene rings is 1. The van der Waals surface area contributed by atoms with Crippen LogP contribution in [0.4, 0.5) is 0 Å². The molecule has 0 spiro atoms. The topological polar surface area (TPSA) is 77.4 Å². The maximum Gasteiger partial charge on any atom is 0.319 e. The molecule has 3 heterocycles. The first-order valence-electron chi connectivity index (χ1n) is 6.95. The van der Waals surface area contributed by atoms with Crippen LogP contribution in [0.1, 0.15) is 16.3 Å². The van der Waals surface area contributed by atoms with Gasteiger partial charge in [-0.15, -0.1) is 5.10 Å². The normalized spacial score (nSPS) is 12.3. The smallest absolute Gasteiger partial charge is 0.319 e. The van der Waals surface area contributed by atoms with Crippen molar-refractivity contribution in [2.45, 2.75) is 6.92 Å². The number of aromatic nitrogens is 5. The molecule has 114 valence electrons. The number of thiazole rings is 1. The third-order valence-electron chi connectivity index (χ3n) is 3.53. The van der Waals surface area contributed by atoms with Crippen LogP contribution in [0.3, 0.4) is 0 Å². The van der Waals surface area contributed by atoms with Crippen LogP contribution in [-0.4, -0.2) is 30.1 Å². The summed E-state index contributed by atoms with van der Waals surface area (Å²) in [7, 11) is 1.88. The van der Waals surface area contributed by atoms with Gasteiger partial charge in [0.1, 0.15) is 0 Å². The molecule has 0 radical (unpaired) electrons. The molecular weight excluding hydrogens is 312 g/mol. The number of rotatable bonds is 1. The Morgan fingerprint density at radius 3 is 2.87 bits per heavy atom. The number of fused-ring (bicyclic) bond motifs is 2. The standard InChI is InChI=1S/C15H12N6OS/c1-9-7-8-16-14-17-12(19-21(9)14)13(22)18-15-20(2)10-5-3-4-6-11(10)23-15/h3-8H,1-2H3. The molecule has 1 amide bonds. The van der Waals surface area contributed by atoms with Crippen molar-refractivity contribution in [2.24, 2.45) is 12.0 Å². The molecule has 7 nitrogen and oxygen atoms in total. The number of hydrogen-bond acceptors (Lipinski definition) is 5. The zero-order valence-corrected chi connectivity index (χ0v) is 13.3. The lowest BCUT2D eigenvalue weighted by molar-refractivity contribution is 0.0988. The van der Waals surface area contributed by atoms with E-state index in [1.807, 2.05) is 42.8 Å². The fourth-order valence-electron chi connectivity index (χ4n) is 2.32. The Bertz CT molecular complexity index is 1120. The Kier molecular flexibility index (Phi) is 3.05. The molecule has 23 heavy (non-hydrogen) atoms. The van der Waals surface area contributed by atoms with Gasteiger partial charge in [-0.2, -0.15) is 9.98 Å². The van der Waals surface area contributed by atoms with Gasteiger partial charge in [0.15, 0.2) is 4.80 Å². The van der Waals surface area contributed by atoms with E-state index in [1.54, 1.807) is 12.3 Å². The van der Waals surface area contributed by atoms with Crippen molar-refractivity contribution >= 4 is 33.2 Å². The van der Waals surface area contributed by atoms with Gasteiger partial charge in [0.25, 0.3) is 5.78 Å². The predicted molar refractivity (Wildman–Crippen MR) is 86.2 cm³/mol. The molecule has 0 unspecified atom stereocenters. The SMILES string of the molecule is Cc1ccnc2nc(C(=O)N=c3sc4ccccc4n3C)nn12. The summed E-state index contributed by atoms with van der Waals surface area (Å²) in [6, 6.07) is 9.71. The minimum atomic E-state index is -0.475. The third-order valence-corrected chi connectivity index (χ3v) is 4.65. The molecule has 0 aliphatic heterocycles. The average Bonchev–Trinajstić information content (AvgIpc) is 3.11. The summed E-state index contributed by atoms with van der Waals surface area (Å²) >= 11 is 1.45. The van der Waals surface area contributed by atoms with Gasteiger partial charge < -0.3 is 4.57 Å². The van der Waals surface area contributed by atoms with E-state index in [9.17, 15) is 4.79 Å². The van der Waals surface area contributed by atoms with Gasteiger partial charge in [-0.05, 0) is 25.1 Å². The molecule has 0 aliphatic rings. The highest BCUT2D eigenvalue weighted by atomic mass is 32.1. The first kappa shape index (κ1) is 13.8. The number of hydrogen-bond donors (Lipinski definition) is 0. The quantitative estimate of drug-likeness (QED) is 0.534. The zero-order valence-electron chi connectivity index (χ0n) is 12.5. The largest absolute Gasteiger partial charge is 0.319 e. The molecule has 4 rings (SSSR count). The van der Waals surface area contributed by atoms with Crippen LogP contribution in [-0.2, 0) is 7.05 Å². The van der Waals surface area contributed by atoms with Crippen molar-refractivity contribution in [3.63, 3.8) is 0 Å². The first-order chi connectivity index (χ1) is 11.1. The van der Waals surface area contributed by atoms with Gasteiger partial charge in [0.2, 0.25) is 5.82 Å². The molecular formula is C15H12N6OS. The second kappa shape index (κ2) is 5.10. The van der Waals surface area contributed by atoms with Crippen LogP contribution in [0.25, 0.3) is 16.0 Å². The van der Waals surface area contributed by atoms with E-state index < -0.39 is 5.91 Å². The lowest BCUT2D eigenvalue weighted by atomic mass is 10.3. The molecule has 0 bridgehead atoms. The molecule has 0 fully saturated rings. The number of para-hydroxylation sites is 1. The van der Waals surface area contributed by atoms with E-state index in [-0.39, 0.29) is 5.82 Å². The van der Waals surface area contributed by atoms with Crippen LogP contribution in [0.15, 0.2) is 41.5 Å². The molecule has 3 aromatic heterocycles. The highest BCUT2D eigenvalue weighted by Crippen LogP contribution is 2.15. The third kappa shape index (κ3) is 2.23. The van der Waals surface area contributed by atoms with Crippen LogP contribution in [0, 0.1) is 6.92 Å². The molecule has 0 atom stereocenters. The lowest BCUT2D eigenvalue weighted by Gasteiger charge is -1.93. The Labute approximate surface area is 134 Å². The summed E-state index contributed by atoms with van der Waals surface area (Å²) in [6.07, 6.45) is 1.64. The second-order valence-corrected chi connectivity index (χ2v) is 6.07. The Morgan fingerprint density at radius 1 is 1.26 bits per heavy atom. The number of aryl methyl sites for hydroxylation is 2. The second-order valence-electron chi connectivity index (χ2n) is 5.06. The van der Waals surface area contributed by atoms with Gasteiger partial charge in [0, 0.05) is 18.9 Å². The number of carbonyl (C=O) groups is 1. The molecule has 0 aliphatic carbocycles. The molecule has 0 saturated carbocycles.